The van der Waals surface area contributed by atoms with Crippen LogP contribution in [0.5, 0.6) is 0 Å². The van der Waals surface area contributed by atoms with Crippen LogP contribution >= 0.6 is 0 Å². The molecule has 72 heavy (non-hydrogen) atoms. The van der Waals surface area contributed by atoms with Crippen molar-refractivity contribution in [1.82, 2.24) is 0 Å². The maximum Gasteiger partial charge on any atom is 0.306 e. The van der Waals surface area contributed by atoms with Gasteiger partial charge in [-0.05, 0) is 70.6 Å². The molecule has 0 aromatic carbocycles. The fourth-order valence-electron chi connectivity index (χ4n) is 9.52. The van der Waals surface area contributed by atoms with Gasteiger partial charge >= 0.3 is 17.9 Å². The molecule has 0 rings (SSSR count). The molecular weight excluding hydrogens is 889 g/mol. The van der Waals surface area contributed by atoms with Crippen LogP contribution in [0, 0.1) is 0 Å². The van der Waals surface area contributed by atoms with E-state index in [2.05, 4.69) is 57.2 Å². The predicted octanol–water partition coefficient (Wildman–Crippen LogP) is 21.6. The van der Waals surface area contributed by atoms with E-state index < -0.39 is 6.10 Å². The van der Waals surface area contributed by atoms with Gasteiger partial charge in [0, 0.05) is 19.3 Å². The normalized spacial score (nSPS) is 12.2. The van der Waals surface area contributed by atoms with E-state index >= 15 is 0 Å². The van der Waals surface area contributed by atoms with Gasteiger partial charge in [-0.15, -0.1) is 0 Å². The van der Waals surface area contributed by atoms with Crippen LogP contribution in [0.25, 0.3) is 0 Å². The van der Waals surface area contributed by atoms with Crippen LogP contribution < -0.4 is 0 Å². The van der Waals surface area contributed by atoms with Gasteiger partial charge in [0.25, 0.3) is 0 Å². The summed E-state index contributed by atoms with van der Waals surface area (Å²) in [6.45, 7) is 6.62. The first-order chi connectivity index (χ1) is 35.5. The van der Waals surface area contributed by atoms with Crippen LogP contribution in [0.1, 0.15) is 348 Å². The summed E-state index contributed by atoms with van der Waals surface area (Å²) in [5.41, 5.74) is 0. The Morgan fingerprint density at radius 2 is 0.514 bits per heavy atom. The molecule has 0 saturated carbocycles. The van der Waals surface area contributed by atoms with Crippen molar-refractivity contribution in [1.29, 1.82) is 0 Å². The summed E-state index contributed by atoms with van der Waals surface area (Å²) in [5, 5.41) is 0. The molecule has 6 nitrogen and oxygen atoms in total. The van der Waals surface area contributed by atoms with Crippen molar-refractivity contribution in [2.24, 2.45) is 0 Å². The van der Waals surface area contributed by atoms with Crippen molar-refractivity contribution >= 4 is 17.9 Å². The average molecular weight is 1010 g/mol. The third kappa shape index (κ3) is 58.5. The van der Waals surface area contributed by atoms with Gasteiger partial charge in [0.2, 0.25) is 0 Å². The molecule has 422 valence electrons. The second-order valence-corrected chi connectivity index (χ2v) is 21.7. The van der Waals surface area contributed by atoms with E-state index in [1.165, 1.54) is 218 Å². The molecule has 0 aliphatic carbocycles. The summed E-state index contributed by atoms with van der Waals surface area (Å²) in [5.74, 6) is -0.882. The molecule has 0 bridgehead atoms. The van der Waals surface area contributed by atoms with E-state index in [1.807, 2.05) is 0 Å². The molecular formula is C66H122O6. The lowest BCUT2D eigenvalue weighted by Crippen LogP contribution is -2.30. The van der Waals surface area contributed by atoms with E-state index in [-0.39, 0.29) is 31.1 Å². The number of hydrogen-bond donors (Lipinski definition) is 0. The highest BCUT2D eigenvalue weighted by Crippen LogP contribution is 2.18. The Labute approximate surface area is 448 Å². The summed E-state index contributed by atoms with van der Waals surface area (Å²) >= 11 is 0. The zero-order valence-electron chi connectivity index (χ0n) is 48.5. The summed E-state index contributed by atoms with van der Waals surface area (Å²) in [6, 6.07) is 0. The number of hydrogen-bond acceptors (Lipinski definition) is 6. The molecule has 0 aliphatic heterocycles. The zero-order valence-corrected chi connectivity index (χ0v) is 48.5. The highest BCUT2D eigenvalue weighted by atomic mass is 16.6. The summed E-state index contributed by atoms with van der Waals surface area (Å²) in [7, 11) is 0. The standard InChI is InChI=1S/C66H122O6/c1-4-7-10-13-16-19-22-24-26-28-29-30-31-32-33-34-35-36-37-38-40-41-44-47-50-53-56-59-65(68)71-62-63(61-70-64(67)58-55-52-49-46-43-21-18-15-12-9-6-3)72-66(69)60-57-54-51-48-45-42-39-27-25-23-20-17-14-11-8-5-2/h15,18,20,23,27,39,63H,4-14,16-17,19,21-22,24-26,28-38,40-62H2,1-3H3/b18-15-,23-20-,39-27-. The highest BCUT2D eigenvalue weighted by molar-refractivity contribution is 5.71. The molecule has 1 unspecified atom stereocenters. The van der Waals surface area contributed by atoms with Gasteiger partial charge in [0.1, 0.15) is 13.2 Å². The van der Waals surface area contributed by atoms with Gasteiger partial charge in [-0.2, -0.15) is 0 Å². The van der Waals surface area contributed by atoms with E-state index in [4.69, 9.17) is 14.2 Å². The molecule has 0 N–H and O–H groups in total. The summed E-state index contributed by atoms with van der Waals surface area (Å²) in [6.07, 6.45) is 74.5. The third-order valence-corrected chi connectivity index (χ3v) is 14.4. The number of unbranched alkanes of at least 4 members (excludes halogenated alkanes) is 42. The second-order valence-electron chi connectivity index (χ2n) is 21.7. The number of carbonyl (C=O) groups is 3. The van der Waals surface area contributed by atoms with Gasteiger partial charge in [-0.1, -0.05) is 295 Å². The topological polar surface area (TPSA) is 78.9 Å². The maximum atomic E-state index is 12.9. The monoisotopic (exact) mass is 1010 g/mol. The molecule has 6 heteroatoms. The van der Waals surface area contributed by atoms with E-state index in [9.17, 15) is 14.4 Å². The number of allylic oxidation sites excluding steroid dienone is 6. The first-order valence-electron chi connectivity index (χ1n) is 32.0. The lowest BCUT2D eigenvalue weighted by molar-refractivity contribution is -0.167. The van der Waals surface area contributed by atoms with E-state index in [1.54, 1.807) is 0 Å². The first kappa shape index (κ1) is 69.6. The lowest BCUT2D eigenvalue weighted by atomic mass is 10.0. The van der Waals surface area contributed by atoms with Crippen LogP contribution in [0.15, 0.2) is 36.5 Å². The quantitative estimate of drug-likeness (QED) is 0.0261. The molecule has 0 spiro atoms. The van der Waals surface area contributed by atoms with Crippen LogP contribution in [-0.4, -0.2) is 37.2 Å². The Morgan fingerprint density at radius 1 is 0.278 bits per heavy atom. The van der Waals surface area contributed by atoms with Gasteiger partial charge in [0.15, 0.2) is 6.10 Å². The minimum Gasteiger partial charge on any atom is -0.462 e. The Kier molecular flexibility index (Phi) is 59.2. The highest BCUT2D eigenvalue weighted by Gasteiger charge is 2.19. The van der Waals surface area contributed by atoms with Crippen LogP contribution in [0.3, 0.4) is 0 Å². The van der Waals surface area contributed by atoms with Crippen molar-refractivity contribution in [3.05, 3.63) is 36.5 Å². The Balaban J connectivity index is 4.17. The van der Waals surface area contributed by atoms with Crippen LogP contribution in [0.4, 0.5) is 0 Å². The van der Waals surface area contributed by atoms with Crippen molar-refractivity contribution in [2.45, 2.75) is 354 Å². The minimum atomic E-state index is -0.780. The zero-order chi connectivity index (χ0) is 52.2. The summed E-state index contributed by atoms with van der Waals surface area (Å²) < 4.78 is 16.9. The van der Waals surface area contributed by atoms with Gasteiger partial charge in [-0.25, -0.2) is 0 Å². The van der Waals surface area contributed by atoms with E-state index in [0.29, 0.717) is 19.3 Å². The maximum absolute atomic E-state index is 12.9. The molecule has 1 atom stereocenters. The molecule has 0 amide bonds. The van der Waals surface area contributed by atoms with Gasteiger partial charge < -0.3 is 14.2 Å². The average Bonchev–Trinajstić information content (AvgIpc) is 3.38. The smallest absolute Gasteiger partial charge is 0.306 e. The molecule has 0 radical (unpaired) electrons. The van der Waals surface area contributed by atoms with Gasteiger partial charge in [-0.3, -0.25) is 14.4 Å². The van der Waals surface area contributed by atoms with E-state index in [0.717, 1.165) is 89.9 Å². The fourth-order valence-corrected chi connectivity index (χ4v) is 9.52. The molecule has 0 heterocycles. The molecule has 0 aromatic heterocycles. The lowest BCUT2D eigenvalue weighted by Gasteiger charge is -2.18. The van der Waals surface area contributed by atoms with Crippen molar-refractivity contribution in [2.75, 3.05) is 13.2 Å². The summed E-state index contributed by atoms with van der Waals surface area (Å²) in [4.78, 5) is 38.2. The molecule has 0 saturated heterocycles. The van der Waals surface area contributed by atoms with Crippen LogP contribution in [0.2, 0.25) is 0 Å². The van der Waals surface area contributed by atoms with Gasteiger partial charge in [0.05, 0.1) is 0 Å². The Hall–Kier alpha value is -2.37. The first-order valence-corrected chi connectivity index (χ1v) is 32.0. The molecule has 0 aromatic rings. The minimum absolute atomic E-state index is 0.0769. The van der Waals surface area contributed by atoms with Crippen molar-refractivity contribution in [3.63, 3.8) is 0 Å². The largest absolute Gasteiger partial charge is 0.462 e. The number of carbonyl (C=O) groups excluding carboxylic acids is 3. The van der Waals surface area contributed by atoms with Crippen molar-refractivity contribution in [3.8, 4) is 0 Å². The van der Waals surface area contributed by atoms with Crippen LogP contribution in [-0.2, 0) is 28.6 Å². The Morgan fingerprint density at radius 3 is 0.833 bits per heavy atom. The molecule has 0 aliphatic rings. The Bertz CT molecular complexity index is 1210. The van der Waals surface area contributed by atoms with Crippen molar-refractivity contribution < 1.29 is 28.6 Å². The molecule has 0 fully saturated rings. The number of rotatable bonds is 59. The number of ether oxygens (including phenoxy) is 3. The fraction of sp³-hybridized carbons (Fsp3) is 0.864. The third-order valence-electron chi connectivity index (χ3n) is 14.4. The number of esters is 3. The SMILES string of the molecule is CCCC/C=C\CCCCCCCC(=O)OCC(COC(=O)CCCCCCCCCCCCCCCCCCCCCCCCCCCCC)OC(=O)CCCCCCC/C=C\C/C=C\CCCCCC. The second kappa shape index (κ2) is 61.2. The predicted molar refractivity (Wildman–Crippen MR) is 312 cm³/mol.